The largest absolute Gasteiger partial charge is 0.339 e. The Morgan fingerprint density at radius 1 is 1.15 bits per heavy atom. The molecule has 1 unspecified atom stereocenters. The van der Waals surface area contributed by atoms with Gasteiger partial charge in [-0.25, -0.2) is 13.8 Å². The Labute approximate surface area is 151 Å². The van der Waals surface area contributed by atoms with Crippen LogP contribution in [0.2, 0.25) is 0 Å². The highest BCUT2D eigenvalue weighted by Crippen LogP contribution is 2.26. The van der Waals surface area contributed by atoms with Gasteiger partial charge < -0.3 is 4.90 Å². The van der Waals surface area contributed by atoms with E-state index >= 15 is 0 Å². The maximum Gasteiger partial charge on any atom is 0.280 e. The van der Waals surface area contributed by atoms with Crippen LogP contribution < -0.4 is 5.56 Å². The molecule has 0 aliphatic carbocycles. The SMILES string of the molecule is CC(C)N1CCC(N2CCC(Cn3cnc(C(F)F)cc3=O)CC2)C1=O. The zero-order chi connectivity index (χ0) is 18.8. The third-order valence-electron chi connectivity index (χ3n) is 5.50. The van der Waals surface area contributed by atoms with Gasteiger partial charge in [0.2, 0.25) is 5.91 Å². The summed E-state index contributed by atoms with van der Waals surface area (Å²) in [6.45, 7) is 7.03. The highest BCUT2D eigenvalue weighted by Gasteiger charge is 2.38. The summed E-state index contributed by atoms with van der Waals surface area (Å²) < 4.78 is 26.6. The number of hydrogen-bond acceptors (Lipinski definition) is 4. The predicted octanol–water partition coefficient (Wildman–Crippen LogP) is 1.90. The van der Waals surface area contributed by atoms with Gasteiger partial charge in [-0.1, -0.05) is 0 Å². The average molecular weight is 368 g/mol. The number of rotatable bonds is 5. The van der Waals surface area contributed by atoms with E-state index in [2.05, 4.69) is 9.88 Å². The van der Waals surface area contributed by atoms with Gasteiger partial charge in [0.15, 0.2) is 0 Å². The van der Waals surface area contributed by atoms with E-state index in [1.54, 1.807) is 0 Å². The first-order valence-electron chi connectivity index (χ1n) is 9.26. The van der Waals surface area contributed by atoms with Gasteiger partial charge in [0.1, 0.15) is 5.69 Å². The summed E-state index contributed by atoms with van der Waals surface area (Å²) in [4.78, 5) is 32.3. The number of halogens is 2. The molecular formula is C18H26F2N4O2. The molecule has 3 heterocycles. The predicted molar refractivity (Wildman–Crippen MR) is 93.0 cm³/mol. The fourth-order valence-corrected chi connectivity index (χ4v) is 3.96. The third kappa shape index (κ3) is 3.95. The lowest BCUT2D eigenvalue weighted by molar-refractivity contribution is -0.134. The lowest BCUT2D eigenvalue weighted by Gasteiger charge is -2.35. The Kier molecular flexibility index (Phi) is 5.70. The van der Waals surface area contributed by atoms with E-state index < -0.39 is 17.7 Å². The molecule has 0 spiro atoms. The van der Waals surface area contributed by atoms with Crippen LogP contribution in [-0.4, -0.2) is 57.0 Å². The van der Waals surface area contributed by atoms with Crippen LogP contribution in [0.5, 0.6) is 0 Å². The van der Waals surface area contributed by atoms with Gasteiger partial charge in [-0.15, -0.1) is 0 Å². The first-order chi connectivity index (χ1) is 12.4. The molecule has 1 amide bonds. The van der Waals surface area contributed by atoms with Crippen molar-refractivity contribution in [2.45, 2.75) is 58.2 Å². The number of nitrogens with zero attached hydrogens (tertiary/aromatic N) is 4. The number of carbonyl (C=O) groups is 1. The van der Waals surface area contributed by atoms with Crippen molar-refractivity contribution < 1.29 is 13.6 Å². The number of piperidine rings is 1. The number of carbonyl (C=O) groups excluding carboxylic acids is 1. The molecule has 1 aromatic heterocycles. The van der Waals surface area contributed by atoms with Crippen LogP contribution in [0.1, 0.15) is 45.2 Å². The first kappa shape index (κ1) is 18.9. The maximum absolute atomic E-state index is 12.6. The molecule has 0 N–H and O–H groups in total. The van der Waals surface area contributed by atoms with Crippen molar-refractivity contribution in [3.8, 4) is 0 Å². The van der Waals surface area contributed by atoms with Crippen molar-refractivity contribution in [1.82, 2.24) is 19.4 Å². The van der Waals surface area contributed by atoms with Crippen LogP contribution in [0.3, 0.4) is 0 Å². The molecule has 2 aliphatic rings. The minimum atomic E-state index is -2.73. The topological polar surface area (TPSA) is 58.4 Å². The van der Waals surface area contributed by atoms with E-state index in [-0.39, 0.29) is 18.0 Å². The van der Waals surface area contributed by atoms with Gasteiger partial charge in [0.25, 0.3) is 12.0 Å². The molecule has 2 aliphatic heterocycles. The number of likely N-dealkylation sites (tertiary alicyclic amines) is 2. The van der Waals surface area contributed by atoms with Crippen molar-refractivity contribution in [2.75, 3.05) is 19.6 Å². The molecule has 0 saturated carbocycles. The molecule has 2 saturated heterocycles. The molecule has 3 rings (SSSR count). The normalized spacial score (nSPS) is 22.8. The molecule has 1 aromatic rings. The van der Waals surface area contributed by atoms with Crippen LogP contribution in [0.4, 0.5) is 8.78 Å². The summed E-state index contributed by atoms with van der Waals surface area (Å²) >= 11 is 0. The van der Waals surface area contributed by atoms with Crippen LogP contribution in [0.25, 0.3) is 0 Å². The molecule has 1 atom stereocenters. The molecule has 0 bridgehead atoms. The van der Waals surface area contributed by atoms with E-state index in [4.69, 9.17) is 0 Å². The lowest BCUT2D eigenvalue weighted by atomic mass is 9.95. The van der Waals surface area contributed by atoms with Crippen LogP contribution in [0.15, 0.2) is 17.2 Å². The molecule has 0 radical (unpaired) electrons. The van der Waals surface area contributed by atoms with Crippen LogP contribution in [-0.2, 0) is 11.3 Å². The summed E-state index contributed by atoms with van der Waals surface area (Å²) in [5, 5.41) is 0. The van der Waals surface area contributed by atoms with Gasteiger partial charge in [0, 0.05) is 25.2 Å². The maximum atomic E-state index is 12.6. The molecule has 144 valence electrons. The second-order valence-electron chi connectivity index (χ2n) is 7.51. The van der Waals surface area contributed by atoms with E-state index in [0.29, 0.717) is 12.5 Å². The summed E-state index contributed by atoms with van der Waals surface area (Å²) in [6.07, 6.45) is 1.13. The van der Waals surface area contributed by atoms with Crippen molar-refractivity contribution in [3.05, 3.63) is 28.4 Å². The Hall–Kier alpha value is -1.83. The summed E-state index contributed by atoms with van der Waals surface area (Å²) in [7, 11) is 0. The van der Waals surface area contributed by atoms with Crippen LogP contribution >= 0.6 is 0 Å². The number of hydrogen-bond donors (Lipinski definition) is 0. The Morgan fingerprint density at radius 3 is 2.38 bits per heavy atom. The fraction of sp³-hybridized carbons (Fsp3) is 0.722. The number of amides is 1. The monoisotopic (exact) mass is 368 g/mol. The highest BCUT2D eigenvalue weighted by atomic mass is 19.3. The zero-order valence-corrected chi connectivity index (χ0v) is 15.3. The highest BCUT2D eigenvalue weighted by molar-refractivity contribution is 5.84. The molecular weight excluding hydrogens is 342 g/mol. The smallest absolute Gasteiger partial charge is 0.280 e. The van der Waals surface area contributed by atoms with Gasteiger partial charge in [-0.2, -0.15) is 0 Å². The Balaban J connectivity index is 1.55. The molecule has 0 aromatic carbocycles. The van der Waals surface area contributed by atoms with Crippen molar-refractivity contribution in [2.24, 2.45) is 5.92 Å². The molecule has 8 heteroatoms. The second kappa shape index (κ2) is 7.82. The van der Waals surface area contributed by atoms with Crippen molar-refractivity contribution in [1.29, 1.82) is 0 Å². The van der Waals surface area contributed by atoms with Crippen molar-refractivity contribution >= 4 is 5.91 Å². The average Bonchev–Trinajstić information content (AvgIpc) is 2.99. The fourth-order valence-electron chi connectivity index (χ4n) is 3.96. The zero-order valence-electron chi connectivity index (χ0n) is 15.3. The van der Waals surface area contributed by atoms with Gasteiger partial charge >= 0.3 is 0 Å². The van der Waals surface area contributed by atoms with Gasteiger partial charge in [0.05, 0.1) is 12.4 Å². The Bertz CT molecular complexity index is 699. The molecule has 2 fully saturated rings. The number of alkyl halides is 2. The molecule has 6 nitrogen and oxygen atoms in total. The van der Waals surface area contributed by atoms with Gasteiger partial charge in [-0.05, 0) is 52.1 Å². The quantitative estimate of drug-likeness (QED) is 0.797. The summed E-state index contributed by atoms with van der Waals surface area (Å²) in [6, 6.07) is 1.13. The van der Waals surface area contributed by atoms with Crippen LogP contribution in [0, 0.1) is 5.92 Å². The first-order valence-corrected chi connectivity index (χ1v) is 9.26. The standard InChI is InChI=1S/C18H26F2N4O2/c1-12(2)24-8-5-15(18(24)26)22-6-3-13(4-7-22)10-23-11-21-14(17(19)20)9-16(23)25/h9,11-13,15,17H,3-8,10H2,1-2H3. The number of aromatic nitrogens is 2. The minimum absolute atomic E-state index is 0.0203. The van der Waals surface area contributed by atoms with E-state index in [0.717, 1.165) is 45.0 Å². The van der Waals surface area contributed by atoms with Gasteiger partial charge in [-0.3, -0.25) is 19.1 Å². The second-order valence-corrected chi connectivity index (χ2v) is 7.51. The summed E-state index contributed by atoms with van der Waals surface area (Å²) in [5.41, 5.74) is -0.910. The lowest BCUT2D eigenvalue weighted by Crippen LogP contribution is -2.47. The summed E-state index contributed by atoms with van der Waals surface area (Å²) in [5.74, 6) is 0.516. The van der Waals surface area contributed by atoms with E-state index in [1.807, 2.05) is 18.7 Å². The van der Waals surface area contributed by atoms with E-state index in [1.165, 1.54) is 10.9 Å². The Morgan fingerprint density at radius 2 is 1.85 bits per heavy atom. The third-order valence-corrected chi connectivity index (χ3v) is 5.50. The molecule has 26 heavy (non-hydrogen) atoms. The van der Waals surface area contributed by atoms with Crippen molar-refractivity contribution in [3.63, 3.8) is 0 Å². The minimum Gasteiger partial charge on any atom is -0.339 e. The van der Waals surface area contributed by atoms with E-state index in [9.17, 15) is 18.4 Å².